The van der Waals surface area contributed by atoms with Crippen LogP contribution in [-0.2, 0) is 0 Å². The third-order valence-corrected chi connectivity index (χ3v) is 3.08. The van der Waals surface area contributed by atoms with Crippen LogP contribution in [0.1, 0.15) is 11.5 Å². The van der Waals surface area contributed by atoms with Crippen molar-refractivity contribution in [2.75, 3.05) is 0 Å². The van der Waals surface area contributed by atoms with E-state index in [4.69, 9.17) is 16.0 Å². The van der Waals surface area contributed by atoms with E-state index in [1.807, 2.05) is 24.3 Å². The quantitative estimate of drug-likeness (QED) is 0.713. The summed E-state index contributed by atoms with van der Waals surface area (Å²) in [7, 11) is 0. The Kier molecular flexibility index (Phi) is 3.35. The summed E-state index contributed by atoms with van der Waals surface area (Å²) in [6.07, 6.45) is 3.48. The summed E-state index contributed by atoms with van der Waals surface area (Å²) in [6.45, 7) is 0. The van der Waals surface area contributed by atoms with Gasteiger partial charge in [-0.1, -0.05) is 35.9 Å². The van der Waals surface area contributed by atoms with Gasteiger partial charge in [-0.15, -0.1) is 0 Å². The van der Waals surface area contributed by atoms with Crippen molar-refractivity contribution >= 4 is 34.7 Å². The number of benzene rings is 2. The van der Waals surface area contributed by atoms with Crippen molar-refractivity contribution in [3.8, 4) is 0 Å². The average molecular weight is 284 g/mol. The van der Waals surface area contributed by atoms with Crippen LogP contribution in [-0.4, -0.2) is 4.98 Å². The van der Waals surface area contributed by atoms with E-state index in [0.29, 0.717) is 16.0 Å². The van der Waals surface area contributed by atoms with E-state index in [9.17, 15) is 4.79 Å². The molecule has 0 spiro atoms. The SMILES string of the molecule is O=c1nc(/C=C/c2ccc(Cl)cc2)oc2ccccc12. The maximum Gasteiger partial charge on any atom is 0.284 e. The molecule has 98 valence electrons. The van der Waals surface area contributed by atoms with Gasteiger partial charge in [0.2, 0.25) is 5.89 Å². The molecule has 2 aromatic carbocycles. The third-order valence-electron chi connectivity index (χ3n) is 2.83. The van der Waals surface area contributed by atoms with Gasteiger partial charge in [0.25, 0.3) is 5.56 Å². The van der Waals surface area contributed by atoms with Gasteiger partial charge in [-0.2, -0.15) is 4.98 Å². The highest BCUT2D eigenvalue weighted by Crippen LogP contribution is 2.14. The minimum Gasteiger partial charge on any atom is -0.438 e. The molecular formula is C16H10ClNO2. The van der Waals surface area contributed by atoms with Gasteiger partial charge in [0.05, 0.1) is 5.39 Å². The molecule has 3 rings (SSSR count). The molecule has 0 N–H and O–H groups in total. The summed E-state index contributed by atoms with van der Waals surface area (Å²) < 4.78 is 5.56. The second-order valence-electron chi connectivity index (χ2n) is 4.24. The Balaban J connectivity index is 1.98. The van der Waals surface area contributed by atoms with Crippen molar-refractivity contribution in [3.63, 3.8) is 0 Å². The molecule has 0 aliphatic carbocycles. The fourth-order valence-electron chi connectivity index (χ4n) is 1.84. The predicted octanol–water partition coefficient (Wildman–Crippen LogP) is 4.01. The lowest BCUT2D eigenvalue weighted by Crippen LogP contribution is -2.06. The number of fused-ring (bicyclic) bond motifs is 1. The first kappa shape index (κ1) is 12.6. The standard InChI is InChI=1S/C16H10ClNO2/c17-12-8-5-11(6-9-12)7-10-15-18-16(19)13-3-1-2-4-14(13)20-15/h1-10H/b10-7+. The first-order valence-corrected chi connectivity index (χ1v) is 6.44. The van der Waals surface area contributed by atoms with Crippen LogP contribution in [0.25, 0.3) is 23.1 Å². The summed E-state index contributed by atoms with van der Waals surface area (Å²) in [5.74, 6) is 0.281. The van der Waals surface area contributed by atoms with Crippen LogP contribution in [0.3, 0.4) is 0 Å². The van der Waals surface area contributed by atoms with Crippen LogP contribution in [0.4, 0.5) is 0 Å². The lowest BCUT2D eigenvalue weighted by molar-refractivity contribution is 0.563. The fourth-order valence-corrected chi connectivity index (χ4v) is 1.97. The van der Waals surface area contributed by atoms with Gasteiger partial charge in [-0.3, -0.25) is 4.79 Å². The van der Waals surface area contributed by atoms with Crippen LogP contribution in [0.5, 0.6) is 0 Å². The normalized spacial score (nSPS) is 11.2. The Bertz CT molecular complexity index is 835. The number of hydrogen-bond acceptors (Lipinski definition) is 3. The molecule has 0 aliphatic rings. The monoisotopic (exact) mass is 283 g/mol. The maximum atomic E-state index is 11.8. The van der Waals surface area contributed by atoms with Crippen molar-refractivity contribution in [1.29, 1.82) is 0 Å². The fraction of sp³-hybridized carbons (Fsp3) is 0. The highest BCUT2D eigenvalue weighted by Gasteiger charge is 2.02. The van der Waals surface area contributed by atoms with Gasteiger partial charge in [0, 0.05) is 11.1 Å². The molecule has 0 bridgehead atoms. The Morgan fingerprint density at radius 1 is 1.00 bits per heavy atom. The molecule has 3 aromatic rings. The van der Waals surface area contributed by atoms with E-state index < -0.39 is 0 Å². The molecule has 4 heteroatoms. The van der Waals surface area contributed by atoms with Crippen molar-refractivity contribution in [3.05, 3.63) is 75.4 Å². The highest BCUT2D eigenvalue weighted by atomic mass is 35.5. The molecule has 1 aromatic heterocycles. The molecule has 20 heavy (non-hydrogen) atoms. The molecule has 0 radical (unpaired) electrons. The van der Waals surface area contributed by atoms with Crippen LogP contribution in [0.15, 0.2) is 57.7 Å². The van der Waals surface area contributed by atoms with E-state index in [1.54, 1.807) is 36.4 Å². The van der Waals surface area contributed by atoms with Crippen LogP contribution < -0.4 is 5.56 Å². The lowest BCUT2D eigenvalue weighted by Gasteiger charge is -1.97. The first-order chi connectivity index (χ1) is 9.72. The molecule has 0 saturated heterocycles. The summed E-state index contributed by atoms with van der Waals surface area (Å²) in [4.78, 5) is 15.7. The summed E-state index contributed by atoms with van der Waals surface area (Å²) in [5, 5.41) is 1.16. The minimum absolute atomic E-state index is 0.281. The molecule has 0 amide bonds. The second kappa shape index (κ2) is 5.31. The Labute approximate surface area is 120 Å². The molecule has 0 saturated carbocycles. The molecule has 0 unspecified atom stereocenters. The average Bonchev–Trinajstić information content (AvgIpc) is 2.47. The van der Waals surface area contributed by atoms with E-state index in [0.717, 1.165) is 5.56 Å². The number of halogens is 1. The van der Waals surface area contributed by atoms with Gasteiger partial charge in [0.1, 0.15) is 5.58 Å². The molecule has 0 atom stereocenters. The van der Waals surface area contributed by atoms with Gasteiger partial charge >= 0.3 is 0 Å². The first-order valence-electron chi connectivity index (χ1n) is 6.06. The Hall–Kier alpha value is -2.39. The summed E-state index contributed by atoms with van der Waals surface area (Å²) in [6, 6.07) is 14.4. The zero-order valence-corrected chi connectivity index (χ0v) is 11.2. The molecule has 3 nitrogen and oxygen atoms in total. The molecular weight excluding hydrogens is 274 g/mol. The molecule has 0 aliphatic heterocycles. The van der Waals surface area contributed by atoms with Crippen molar-refractivity contribution in [1.82, 2.24) is 4.98 Å². The number of nitrogens with zero attached hydrogens (tertiary/aromatic N) is 1. The summed E-state index contributed by atoms with van der Waals surface area (Å²) in [5.41, 5.74) is 1.19. The zero-order chi connectivity index (χ0) is 13.9. The second-order valence-corrected chi connectivity index (χ2v) is 4.67. The number of aromatic nitrogens is 1. The number of rotatable bonds is 2. The zero-order valence-electron chi connectivity index (χ0n) is 10.4. The van der Waals surface area contributed by atoms with Crippen molar-refractivity contribution < 1.29 is 4.42 Å². The minimum atomic E-state index is -0.289. The number of hydrogen-bond donors (Lipinski definition) is 0. The lowest BCUT2D eigenvalue weighted by atomic mass is 10.2. The Morgan fingerprint density at radius 2 is 1.75 bits per heavy atom. The van der Waals surface area contributed by atoms with Crippen LogP contribution >= 0.6 is 11.6 Å². The largest absolute Gasteiger partial charge is 0.438 e. The van der Waals surface area contributed by atoms with Gasteiger partial charge in [-0.05, 0) is 35.9 Å². The van der Waals surface area contributed by atoms with E-state index in [2.05, 4.69) is 4.98 Å². The van der Waals surface area contributed by atoms with Crippen molar-refractivity contribution in [2.24, 2.45) is 0 Å². The van der Waals surface area contributed by atoms with E-state index in [-0.39, 0.29) is 11.4 Å². The third kappa shape index (κ3) is 2.63. The van der Waals surface area contributed by atoms with Crippen LogP contribution in [0, 0.1) is 0 Å². The Morgan fingerprint density at radius 3 is 2.55 bits per heavy atom. The van der Waals surface area contributed by atoms with E-state index >= 15 is 0 Å². The maximum absolute atomic E-state index is 11.8. The summed E-state index contributed by atoms with van der Waals surface area (Å²) >= 11 is 5.82. The highest BCUT2D eigenvalue weighted by molar-refractivity contribution is 6.30. The van der Waals surface area contributed by atoms with Gasteiger partial charge in [-0.25, -0.2) is 0 Å². The smallest absolute Gasteiger partial charge is 0.284 e. The van der Waals surface area contributed by atoms with Gasteiger partial charge < -0.3 is 4.42 Å². The van der Waals surface area contributed by atoms with Crippen LogP contribution in [0.2, 0.25) is 5.02 Å². The topological polar surface area (TPSA) is 43.1 Å². The van der Waals surface area contributed by atoms with E-state index in [1.165, 1.54) is 0 Å². The number of para-hydroxylation sites is 1. The predicted molar refractivity (Wildman–Crippen MR) is 80.7 cm³/mol. The van der Waals surface area contributed by atoms with Gasteiger partial charge in [0.15, 0.2) is 0 Å². The molecule has 0 fully saturated rings. The van der Waals surface area contributed by atoms with Crippen molar-refractivity contribution in [2.45, 2.75) is 0 Å². The molecule has 1 heterocycles.